The molecule has 0 spiro atoms. The van der Waals surface area contributed by atoms with Gasteiger partial charge in [-0.05, 0) is 5.56 Å². The monoisotopic (exact) mass is 256 g/mol. The standard InChI is InChI=1S/C11H13BrO2/c12-11(9-4-2-1-3-5-9)10-8-13-6-7-14-10/h1-5,10-11H,6-8H2. The van der Waals surface area contributed by atoms with Crippen molar-refractivity contribution >= 4 is 15.9 Å². The van der Waals surface area contributed by atoms with E-state index in [0.29, 0.717) is 19.8 Å². The van der Waals surface area contributed by atoms with Gasteiger partial charge in [0.15, 0.2) is 0 Å². The topological polar surface area (TPSA) is 18.5 Å². The van der Waals surface area contributed by atoms with Gasteiger partial charge in [-0.2, -0.15) is 0 Å². The third-order valence-electron chi connectivity index (χ3n) is 2.29. The average Bonchev–Trinajstić information content (AvgIpc) is 2.30. The van der Waals surface area contributed by atoms with E-state index in [-0.39, 0.29) is 10.9 Å². The van der Waals surface area contributed by atoms with E-state index in [1.54, 1.807) is 0 Å². The molecule has 2 unspecified atom stereocenters. The van der Waals surface area contributed by atoms with E-state index in [4.69, 9.17) is 9.47 Å². The predicted octanol–water partition coefficient (Wildman–Crippen LogP) is 2.54. The summed E-state index contributed by atoms with van der Waals surface area (Å²) in [6.07, 6.45) is 0.131. The van der Waals surface area contributed by atoms with Crippen molar-refractivity contribution in [1.82, 2.24) is 0 Å². The Balaban J connectivity index is 2.03. The minimum Gasteiger partial charge on any atom is -0.376 e. The Hall–Kier alpha value is -0.380. The summed E-state index contributed by atoms with van der Waals surface area (Å²) in [5.41, 5.74) is 1.24. The van der Waals surface area contributed by atoms with Crippen LogP contribution in [0, 0.1) is 0 Å². The van der Waals surface area contributed by atoms with Crippen LogP contribution in [0.25, 0.3) is 0 Å². The number of halogens is 1. The van der Waals surface area contributed by atoms with E-state index < -0.39 is 0 Å². The molecule has 1 aromatic rings. The SMILES string of the molecule is BrC(c1ccccc1)C1COCCO1. The first-order valence-electron chi connectivity index (χ1n) is 4.76. The molecule has 76 valence electrons. The van der Waals surface area contributed by atoms with Crippen molar-refractivity contribution in [2.24, 2.45) is 0 Å². The zero-order valence-corrected chi connectivity index (χ0v) is 9.44. The summed E-state index contributed by atoms with van der Waals surface area (Å²) in [7, 11) is 0. The van der Waals surface area contributed by atoms with E-state index in [1.165, 1.54) is 5.56 Å². The lowest BCUT2D eigenvalue weighted by molar-refractivity contribution is -0.0876. The van der Waals surface area contributed by atoms with Gasteiger partial charge in [0.05, 0.1) is 30.8 Å². The summed E-state index contributed by atoms with van der Waals surface area (Å²) in [5, 5.41) is 0. The molecule has 1 aliphatic rings. The second-order valence-electron chi connectivity index (χ2n) is 3.30. The van der Waals surface area contributed by atoms with Crippen LogP contribution < -0.4 is 0 Å². The molecule has 1 aliphatic heterocycles. The minimum absolute atomic E-state index is 0.131. The Morgan fingerprint density at radius 2 is 2.00 bits per heavy atom. The summed E-state index contributed by atoms with van der Waals surface area (Å²) < 4.78 is 11.0. The van der Waals surface area contributed by atoms with Crippen molar-refractivity contribution in [2.45, 2.75) is 10.9 Å². The molecule has 0 bridgehead atoms. The maximum Gasteiger partial charge on any atom is 0.0975 e. The van der Waals surface area contributed by atoms with Gasteiger partial charge >= 0.3 is 0 Å². The highest BCUT2D eigenvalue weighted by Gasteiger charge is 2.23. The zero-order chi connectivity index (χ0) is 9.80. The van der Waals surface area contributed by atoms with Crippen molar-refractivity contribution in [3.05, 3.63) is 35.9 Å². The van der Waals surface area contributed by atoms with Crippen molar-refractivity contribution in [1.29, 1.82) is 0 Å². The number of ether oxygens (including phenoxy) is 2. The van der Waals surface area contributed by atoms with Gasteiger partial charge in [0, 0.05) is 0 Å². The average molecular weight is 257 g/mol. The Morgan fingerprint density at radius 1 is 1.21 bits per heavy atom. The summed E-state index contributed by atoms with van der Waals surface area (Å²) >= 11 is 3.64. The van der Waals surface area contributed by atoms with Gasteiger partial charge in [-0.1, -0.05) is 46.3 Å². The molecular formula is C11H13BrO2. The molecule has 0 amide bonds. The molecule has 0 aliphatic carbocycles. The fourth-order valence-corrected chi connectivity index (χ4v) is 2.14. The van der Waals surface area contributed by atoms with Gasteiger partial charge in [0.25, 0.3) is 0 Å². The second kappa shape index (κ2) is 4.91. The highest BCUT2D eigenvalue weighted by atomic mass is 79.9. The van der Waals surface area contributed by atoms with Gasteiger partial charge in [0.1, 0.15) is 0 Å². The Bertz CT molecular complexity index is 270. The highest BCUT2D eigenvalue weighted by molar-refractivity contribution is 9.09. The first-order valence-corrected chi connectivity index (χ1v) is 5.68. The van der Waals surface area contributed by atoms with Crippen LogP contribution in [0.5, 0.6) is 0 Å². The van der Waals surface area contributed by atoms with E-state index in [1.807, 2.05) is 18.2 Å². The molecule has 0 aromatic heterocycles. The zero-order valence-electron chi connectivity index (χ0n) is 7.86. The van der Waals surface area contributed by atoms with Gasteiger partial charge in [-0.15, -0.1) is 0 Å². The third-order valence-corrected chi connectivity index (χ3v) is 3.40. The van der Waals surface area contributed by atoms with Crippen molar-refractivity contribution in [3.63, 3.8) is 0 Å². The van der Waals surface area contributed by atoms with Crippen LogP contribution in [0.15, 0.2) is 30.3 Å². The largest absolute Gasteiger partial charge is 0.376 e. The molecular weight excluding hydrogens is 244 g/mol. The molecule has 2 atom stereocenters. The Kier molecular flexibility index (Phi) is 3.56. The first kappa shape index (κ1) is 10.1. The number of alkyl halides is 1. The highest BCUT2D eigenvalue weighted by Crippen LogP contribution is 2.29. The normalized spacial score (nSPS) is 24.5. The van der Waals surface area contributed by atoms with Crippen LogP contribution in [0.2, 0.25) is 0 Å². The maximum atomic E-state index is 5.62. The third kappa shape index (κ3) is 2.35. The number of benzene rings is 1. The molecule has 1 saturated heterocycles. The van der Waals surface area contributed by atoms with Crippen LogP contribution in [-0.4, -0.2) is 25.9 Å². The molecule has 1 aromatic carbocycles. The van der Waals surface area contributed by atoms with Crippen LogP contribution in [0.4, 0.5) is 0 Å². The smallest absolute Gasteiger partial charge is 0.0975 e. The van der Waals surface area contributed by atoms with Gasteiger partial charge in [-0.25, -0.2) is 0 Å². The van der Waals surface area contributed by atoms with Crippen LogP contribution in [0.3, 0.4) is 0 Å². The van der Waals surface area contributed by atoms with Gasteiger partial charge in [-0.3, -0.25) is 0 Å². The molecule has 0 radical (unpaired) electrons. The van der Waals surface area contributed by atoms with Gasteiger partial charge < -0.3 is 9.47 Å². The van der Waals surface area contributed by atoms with Crippen LogP contribution in [-0.2, 0) is 9.47 Å². The van der Waals surface area contributed by atoms with Crippen molar-refractivity contribution in [2.75, 3.05) is 19.8 Å². The lowest BCUT2D eigenvalue weighted by Crippen LogP contribution is -2.31. The summed E-state index contributed by atoms with van der Waals surface area (Å²) in [6.45, 7) is 2.08. The molecule has 0 N–H and O–H groups in total. The molecule has 2 rings (SSSR count). The summed E-state index contributed by atoms with van der Waals surface area (Å²) in [4.78, 5) is 0.226. The number of hydrogen-bond donors (Lipinski definition) is 0. The fraction of sp³-hybridized carbons (Fsp3) is 0.455. The maximum absolute atomic E-state index is 5.62. The summed E-state index contributed by atoms with van der Waals surface area (Å²) in [5.74, 6) is 0. The van der Waals surface area contributed by atoms with E-state index >= 15 is 0 Å². The molecule has 1 heterocycles. The Morgan fingerprint density at radius 3 is 2.64 bits per heavy atom. The number of rotatable bonds is 2. The van der Waals surface area contributed by atoms with Crippen LogP contribution >= 0.6 is 15.9 Å². The molecule has 14 heavy (non-hydrogen) atoms. The lowest BCUT2D eigenvalue weighted by Gasteiger charge is -2.27. The fourth-order valence-electron chi connectivity index (χ4n) is 1.53. The molecule has 2 nitrogen and oxygen atoms in total. The minimum atomic E-state index is 0.131. The molecule has 0 saturated carbocycles. The first-order chi connectivity index (χ1) is 6.88. The van der Waals surface area contributed by atoms with E-state index in [9.17, 15) is 0 Å². The predicted molar refractivity (Wildman–Crippen MR) is 58.7 cm³/mol. The summed E-state index contributed by atoms with van der Waals surface area (Å²) in [6, 6.07) is 10.3. The molecule has 1 fully saturated rings. The Labute approximate surface area is 92.3 Å². The van der Waals surface area contributed by atoms with Crippen LogP contribution in [0.1, 0.15) is 10.4 Å². The van der Waals surface area contributed by atoms with E-state index in [2.05, 4.69) is 28.1 Å². The van der Waals surface area contributed by atoms with Gasteiger partial charge in [0.2, 0.25) is 0 Å². The van der Waals surface area contributed by atoms with E-state index in [0.717, 1.165) is 0 Å². The van der Waals surface area contributed by atoms with Crippen molar-refractivity contribution in [3.8, 4) is 0 Å². The lowest BCUT2D eigenvalue weighted by atomic mass is 10.1. The molecule has 3 heteroatoms. The number of hydrogen-bond acceptors (Lipinski definition) is 2. The quantitative estimate of drug-likeness (QED) is 0.758. The van der Waals surface area contributed by atoms with Crippen molar-refractivity contribution < 1.29 is 9.47 Å². The second-order valence-corrected chi connectivity index (χ2v) is 4.28.